The number of thioether (sulfide) groups is 1. The Labute approximate surface area is 50.1 Å². The molecular weight excluding hydrogens is 128 g/mol. The monoisotopic (exact) mass is 131 g/mol. The predicted molar refractivity (Wildman–Crippen MR) is 30.7 cm³/mol. The van der Waals surface area contributed by atoms with E-state index in [9.17, 15) is 10.1 Å². The van der Waals surface area contributed by atoms with Crippen LogP contribution in [0.25, 0.3) is 0 Å². The van der Waals surface area contributed by atoms with E-state index in [-0.39, 0.29) is 0 Å². The van der Waals surface area contributed by atoms with Crippen LogP contribution in [0.3, 0.4) is 0 Å². The largest absolute Gasteiger partial charge is 0.352 e. The Morgan fingerprint density at radius 2 is 2.75 bits per heavy atom. The Morgan fingerprint density at radius 1 is 2.00 bits per heavy atom. The van der Waals surface area contributed by atoms with Gasteiger partial charge in [-0.25, -0.2) is 4.99 Å². The molecule has 0 aliphatic carbocycles. The lowest BCUT2D eigenvalue weighted by Crippen LogP contribution is -2.08. The van der Waals surface area contributed by atoms with E-state index in [1.165, 1.54) is 11.8 Å². The second-order valence-electron chi connectivity index (χ2n) is 1.21. The van der Waals surface area contributed by atoms with Crippen molar-refractivity contribution in [2.75, 3.05) is 5.75 Å². The number of hydrogen-bond donors (Lipinski definition) is 0. The fourth-order valence-electron chi connectivity index (χ4n) is 0.372. The fourth-order valence-corrected chi connectivity index (χ4v) is 0.941. The maximum atomic E-state index is 9.85. The Hall–Kier alpha value is -0.580. The van der Waals surface area contributed by atoms with Crippen molar-refractivity contribution in [2.24, 2.45) is 4.99 Å². The van der Waals surface area contributed by atoms with Gasteiger partial charge in [-0.15, -0.1) is 0 Å². The van der Waals surface area contributed by atoms with Crippen LogP contribution >= 0.6 is 11.8 Å². The van der Waals surface area contributed by atoms with Crippen molar-refractivity contribution in [1.29, 1.82) is 0 Å². The standard InChI is InChI=1S/C3H3N2O2S/c6-5(7)3-4-1-2-8-3/h3H,2H2. The number of aliphatic imine (C=N–C) groups is 1. The van der Waals surface area contributed by atoms with Crippen LogP contribution in [0.1, 0.15) is 0 Å². The first kappa shape index (κ1) is 5.55. The van der Waals surface area contributed by atoms with Gasteiger partial charge < -0.3 is 0 Å². The molecule has 0 fully saturated rings. The van der Waals surface area contributed by atoms with Crippen LogP contribution in [0.5, 0.6) is 0 Å². The number of nitro groups is 1. The van der Waals surface area contributed by atoms with E-state index in [1.54, 1.807) is 0 Å². The number of rotatable bonds is 1. The molecule has 1 aliphatic rings. The van der Waals surface area contributed by atoms with Gasteiger partial charge in [0, 0.05) is 5.75 Å². The van der Waals surface area contributed by atoms with Gasteiger partial charge in [0.2, 0.25) is 0 Å². The minimum absolute atomic E-state index is 0.426. The molecule has 8 heavy (non-hydrogen) atoms. The lowest BCUT2D eigenvalue weighted by molar-refractivity contribution is -0.492. The molecular formula is C3H3N2O2S. The van der Waals surface area contributed by atoms with Crippen molar-refractivity contribution in [1.82, 2.24) is 0 Å². The van der Waals surface area contributed by atoms with Crippen molar-refractivity contribution in [3.8, 4) is 0 Å². The molecule has 1 aliphatic heterocycles. The van der Waals surface area contributed by atoms with Gasteiger partial charge in [-0.3, -0.25) is 10.1 Å². The van der Waals surface area contributed by atoms with Crippen LogP contribution in [0, 0.1) is 10.1 Å². The Morgan fingerprint density at radius 3 is 3.00 bits per heavy atom. The van der Waals surface area contributed by atoms with Crippen LogP contribution in [-0.4, -0.2) is 22.4 Å². The highest BCUT2D eigenvalue weighted by Crippen LogP contribution is 2.15. The molecule has 0 aromatic rings. The summed E-state index contributed by atoms with van der Waals surface area (Å²) in [6, 6.07) is 0. The topological polar surface area (TPSA) is 55.5 Å². The molecule has 1 rings (SSSR count). The summed E-state index contributed by atoms with van der Waals surface area (Å²) in [4.78, 5) is 12.9. The molecule has 0 bridgehead atoms. The van der Waals surface area contributed by atoms with E-state index >= 15 is 0 Å². The molecule has 43 valence electrons. The van der Waals surface area contributed by atoms with E-state index in [0.717, 1.165) is 0 Å². The van der Waals surface area contributed by atoms with Crippen LogP contribution in [0.15, 0.2) is 4.99 Å². The summed E-state index contributed by atoms with van der Waals surface area (Å²) in [5.41, 5.74) is -0.782. The highest BCUT2D eigenvalue weighted by molar-refractivity contribution is 8.00. The Bertz CT molecular complexity index is 135. The first-order valence-corrected chi connectivity index (χ1v) is 3.03. The normalized spacial score (nSPS) is 26.2. The minimum Gasteiger partial charge on any atom is -0.261 e. The van der Waals surface area contributed by atoms with E-state index < -0.39 is 10.4 Å². The third-order valence-corrected chi connectivity index (χ3v) is 1.55. The molecule has 1 radical (unpaired) electrons. The molecule has 0 spiro atoms. The van der Waals surface area contributed by atoms with Gasteiger partial charge in [-0.05, 0) is 0 Å². The summed E-state index contributed by atoms with van der Waals surface area (Å²) in [7, 11) is 0. The highest BCUT2D eigenvalue weighted by Gasteiger charge is 2.21. The molecule has 0 aromatic carbocycles. The summed E-state index contributed by atoms with van der Waals surface area (Å²) < 4.78 is 0. The third kappa shape index (κ3) is 0.975. The quantitative estimate of drug-likeness (QED) is 0.378. The lowest BCUT2D eigenvalue weighted by atomic mass is 10.9. The zero-order chi connectivity index (χ0) is 5.98. The van der Waals surface area contributed by atoms with Crippen LogP contribution < -0.4 is 0 Å². The zero-order valence-electron chi connectivity index (χ0n) is 3.90. The molecule has 0 saturated heterocycles. The smallest absolute Gasteiger partial charge is 0.261 e. The molecule has 0 aromatic heterocycles. The molecule has 1 unspecified atom stereocenters. The van der Waals surface area contributed by atoms with Crippen molar-refractivity contribution in [3.05, 3.63) is 10.1 Å². The minimum atomic E-state index is -0.782. The van der Waals surface area contributed by atoms with Crippen molar-refractivity contribution in [3.63, 3.8) is 0 Å². The molecule has 1 heterocycles. The van der Waals surface area contributed by atoms with E-state index in [4.69, 9.17) is 0 Å². The maximum Gasteiger partial charge on any atom is 0.352 e. The van der Waals surface area contributed by atoms with E-state index in [2.05, 4.69) is 11.2 Å². The first-order valence-electron chi connectivity index (χ1n) is 1.98. The SMILES string of the molecule is O=[N+]([O-])C1N=[C]CS1. The van der Waals surface area contributed by atoms with Gasteiger partial charge in [0.15, 0.2) is 0 Å². The summed E-state index contributed by atoms with van der Waals surface area (Å²) in [6.45, 7) is 0. The van der Waals surface area contributed by atoms with Crippen molar-refractivity contribution in [2.45, 2.75) is 5.50 Å². The second kappa shape index (κ2) is 2.13. The van der Waals surface area contributed by atoms with Crippen LogP contribution in [-0.2, 0) is 0 Å². The lowest BCUT2D eigenvalue weighted by Gasteiger charge is -1.91. The van der Waals surface area contributed by atoms with Gasteiger partial charge in [0.05, 0.1) is 11.1 Å². The van der Waals surface area contributed by atoms with Crippen molar-refractivity contribution >= 4 is 18.0 Å². The number of nitrogens with zero attached hydrogens (tertiary/aromatic N) is 2. The second-order valence-corrected chi connectivity index (χ2v) is 2.25. The molecule has 0 amide bonds. The van der Waals surface area contributed by atoms with Gasteiger partial charge in [-0.2, -0.15) is 0 Å². The predicted octanol–water partition coefficient (Wildman–Crippen LogP) is 0.241. The Balaban J connectivity index is 2.48. The first-order chi connectivity index (χ1) is 3.80. The zero-order valence-corrected chi connectivity index (χ0v) is 4.72. The highest BCUT2D eigenvalue weighted by atomic mass is 32.2. The summed E-state index contributed by atoms with van der Waals surface area (Å²) in [6.07, 6.45) is 2.50. The number of hydrogen-bond acceptors (Lipinski definition) is 4. The van der Waals surface area contributed by atoms with Crippen LogP contribution in [0.4, 0.5) is 0 Å². The van der Waals surface area contributed by atoms with Crippen molar-refractivity contribution < 1.29 is 4.92 Å². The van der Waals surface area contributed by atoms with Gasteiger partial charge in [0.1, 0.15) is 0 Å². The molecule has 5 heteroatoms. The average Bonchev–Trinajstić information content (AvgIpc) is 2.12. The molecule has 4 nitrogen and oxygen atoms in total. The molecule has 1 atom stereocenters. The van der Waals surface area contributed by atoms with E-state index in [1.807, 2.05) is 0 Å². The van der Waals surface area contributed by atoms with Gasteiger partial charge in [-0.1, -0.05) is 11.8 Å². The average molecular weight is 131 g/mol. The molecule has 0 N–H and O–H groups in total. The fraction of sp³-hybridized carbons (Fsp3) is 0.667. The van der Waals surface area contributed by atoms with E-state index in [0.29, 0.717) is 5.75 Å². The summed E-state index contributed by atoms with van der Waals surface area (Å²) >= 11 is 1.17. The maximum absolute atomic E-state index is 9.85. The Kier molecular flexibility index (Phi) is 1.48. The summed E-state index contributed by atoms with van der Waals surface area (Å²) in [5, 5.41) is 9.85. The third-order valence-electron chi connectivity index (χ3n) is 0.679. The van der Waals surface area contributed by atoms with Gasteiger partial charge in [0.25, 0.3) is 0 Å². The summed E-state index contributed by atoms with van der Waals surface area (Å²) in [5.74, 6) is 0.547. The van der Waals surface area contributed by atoms with Gasteiger partial charge >= 0.3 is 5.50 Å². The molecule has 0 saturated carbocycles. The van der Waals surface area contributed by atoms with Crippen LogP contribution in [0.2, 0.25) is 0 Å².